The molecule has 19 heavy (non-hydrogen) atoms. The minimum absolute atomic E-state index is 0.000272. The van der Waals surface area contributed by atoms with Crippen LogP contribution in [-0.4, -0.2) is 35.1 Å². The van der Waals surface area contributed by atoms with Crippen LogP contribution in [0.5, 0.6) is 0 Å². The number of carbonyl (C=O) groups is 2. The lowest BCUT2D eigenvalue weighted by atomic mass is 9.99. The van der Waals surface area contributed by atoms with Crippen molar-refractivity contribution in [3.8, 4) is 0 Å². The van der Waals surface area contributed by atoms with Gasteiger partial charge in [0.25, 0.3) is 0 Å². The van der Waals surface area contributed by atoms with Crippen LogP contribution < -0.4 is 5.32 Å². The van der Waals surface area contributed by atoms with Crippen LogP contribution in [0, 0.1) is 11.8 Å². The fraction of sp³-hybridized carbons (Fsp3) is 0.538. The predicted octanol–water partition coefficient (Wildman–Crippen LogP) is 2.17. The van der Waals surface area contributed by atoms with Crippen LogP contribution >= 0.6 is 11.3 Å². The van der Waals surface area contributed by atoms with E-state index in [4.69, 9.17) is 5.11 Å². The van der Waals surface area contributed by atoms with Gasteiger partial charge in [0.05, 0.1) is 12.0 Å². The van der Waals surface area contributed by atoms with Crippen molar-refractivity contribution in [2.75, 3.05) is 13.1 Å². The highest BCUT2D eigenvalue weighted by Gasteiger charge is 2.37. The number of likely N-dealkylation sites (tertiary alicyclic amines) is 1. The van der Waals surface area contributed by atoms with Crippen molar-refractivity contribution in [1.29, 1.82) is 0 Å². The number of thiophene rings is 1. The van der Waals surface area contributed by atoms with Crippen LogP contribution in [0.4, 0.5) is 4.79 Å². The Bertz CT molecular complexity index is 460. The van der Waals surface area contributed by atoms with Crippen molar-refractivity contribution in [2.24, 2.45) is 11.8 Å². The zero-order chi connectivity index (χ0) is 14.0. The molecule has 0 saturated carbocycles. The van der Waals surface area contributed by atoms with Gasteiger partial charge in [-0.25, -0.2) is 4.79 Å². The summed E-state index contributed by atoms with van der Waals surface area (Å²) in [6.07, 6.45) is 0. The third kappa shape index (κ3) is 3.07. The maximum absolute atomic E-state index is 12.1. The monoisotopic (exact) mass is 282 g/mol. The molecule has 5 nitrogen and oxygen atoms in total. The molecule has 0 radical (unpaired) electrons. The first-order chi connectivity index (χ1) is 8.99. The second kappa shape index (κ2) is 5.61. The molecule has 0 aliphatic carbocycles. The Morgan fingerprint density at radius 2 is 2.26 bits per heavy atom. The number of carboxylic acid groups (broad SMARTS) is 1. The van der Waals surface area contributed by atoms with Gasteiger partial charge in [-0.15, -0.1) is 11.3 Å². The Balaban J connectivity index is 1.93. The highest BCUT2D eigenvalue weighted by atomic mass is 32.1. The average molecular weight is 282 g/mol. The summed E-state index contributed by atoms with van der Waals surface area (Å²) in [5.41, 5.74) is 0. The molecule has 1 aliphatic rings. The predicted molar refractivity (Wildman–Crippen MR) is 73.1 cm³/mol. The number of hydrogen-bond acceptors (Lipinski definition) is 3. The van der Waals surface area contributed by atoms with Crippen LogP contribution in [0.3, 0.4) is 0 Å². The second-order valence-electron chi connectivity index (χ2n) is 5.01. The maximum atomic E-state index is 12.1. The van der Waals surface area contributed by atoms with E-state index in [1.165, 1.54) is 0 Å². The van der Waals surface area contributed by atoms with Gasteiger partial charge in [0.2, 0.25) is 0 Å². The molecule has 2 amide bonds. The Hall–Kier alpha value is -1.56. The lowest BCUT2D eigenvalue weighted by molar-refractivity contribution is -0.142. The Morgan fingerprint density at radius 3 is 2.79 bits per heavy atom. The van der Waals surface area contributed by atoms with E-state index in [9.17, 15) is 9.59 Å². The number of carbonyl (C=O) groups excluding carboxylic acids is 1. The number of urea groups is 1. The summed E-state index contributed by atoms with van der Waals surface area (Å²) in [5, 5.41) is 13.9. The summed E-state index contributed by atoms with van der Waals surface area (Å²) in [7, 11) is 0. The summed E-state index contributed by atoms with van der Waals surface area (Å²) in [6.45, 7) is 4.59. The fourth-order valence-electron chi connectivity index (χ4n) is 2.34. The highest BCUT2D eigenvalue weighted by Crippen LogP contribution is 2.24. The summed E-state index contributed by atoms with van der Waals surface area (Å²) in [6, 6.07) is 3.69. The number of amides is 2. The van der Waals surface area contributed by atoms with Crippen LogP contribution in [-0.2, 0) is 4.79 Å². The van der Waals surface area contributed by atoms with E-state index in [-0.39, 0.29) is 18.0 Å². The summed E-state index contributed by atoms with van der Waals surface area (Å²) in [5.74, 6) is -1.28. The van der Waals surface area contributed by atoms with E-state index in [1.807, 2.05) is 31.4 Å². The van der Waals surface area contributed by atoms with E-state index in [0.29, 0.717) is 13.1 Å². The second-order valence-corrected chi connectivity index (χ2v) is 5.99. The summed E-state index contributed by atoms with van der Waals surface area (Å²) in [4.78, 5) is 25.8. The van der Waals surface area contributed by atoms with Crippen LogP contribution in [0.25, 0.3) is 0 Å². The van der Waals surface area contributed by atoms with Crippen LogP contribution in [0.15, 0.2) is 17.5 Å². The number of nitrogens with one attached hydrogen (secondary N) is 1. The molecule has 2 rings (SSSR count). The number of carboxylic acids is 1. The van der Waals surface area contributed by atoms with Crippen molar-refractivity contribution in [2.45, 2.75) is 19.9 Å². The van der Waals surface area contributed by atoms with Gasteiger partial charge in [-0.2, -0.15) is 0 Å². The molecule has 0 spiro atoms. The number of nitrogens with zero attached hydrogens (tertiary/aromatic N) is 1. The van der Waals surface area contributed by atoms with Crippen LogP contribution in [0.2, 0.25) is 0 Å². The van der Waals surface area contributed by atoms with E-state index in [2.05, 4.69) is 5.32 Å². The third-order valence-corrected chi connectivity index (χ3v) is 4.58. The molecule has 2 N–H and O–H groups in total. The van der Waals surface area contributed by atoms with Crippen molar-refractivity contribution in [3.05, 3.63) is 22.4 Å². The first-order valence-corrected chi connectivity index (χ1v) is 7.18. The highest BCUT2D eigenvalue weighted by molar-refractivity contribution is 7.10. The van der Waals surface area contributed by atoms with E-state index < -0.39 is 11.9 Å². The molecule has 1 fully saturated rings. The fourth-order valence-corrected chi connectivity index (χ4v) is 3.07. The minimum atomic E-state index is -0.825. The van der Waals surface area contributed by atoms with E-state index in [0.717, 1.165) is 4.88 Å². The van der Waals surface area contributed by atoms with Gasteiger partial charge in [0, 0.05) is 18.0 Å². The molecular formula is C13H18N2O3S. The van der Waals surface area contributed by atoms with E-state index in [1.54, 1.807) is 16.2 Å². The van der Waals surface area contributed by atoms with Gasteiger partial charge >= 0.3 is 12.0 Å². The van der Waals surface area contributed by atoms with Crippen LogP contribution in [0.1, 0.15) is 24.8 Å². The Kier molecular flexibility index (Phi) is 4.09. The summed E-state index contributed by atoms with van der Waals surface area (Å²) >= 11 is 1.59. The quantitative estimate of drug-likeness (QED) is 0.892. The van der Waals surface area contributed by atoms with Crippen molar-refractivity contribution < 1.29 is 14.7 Å². The molecule has 0 bridgehead atoms. The zero-order valence-corrected chi connectivity index (χ0v) is 11.8. The summed E-state index contributed by atoms with van der Waals surface area (Å²) < 4.78 is 0. The zero-order valence-electron chi connectivity index (χ0n) is 11.0. The molecule has 1 unspecified atom stereocenters. The number of aliphatic carboxylic acids is 1. The molecule has 1 saturated heterocycles. The first kappa shape index (κ1) is 13.9. The van der Waals surface area contributed by atoms with E-state index >= 15 is 0 Å². The average Bonchev–Trinajstić information content (AvgIpc) is 2.96. The lowest BCUT2D eigenvalue weighted by Crippen LogP contribution is -2.40. The van der Waals surface area contributed by atoms with Gasteiger partial charge in [-0.05, 0) is 24.3 Å². The topological polar surface area (TPSA) is 69.6 Å². The van der Waals surface area contributed by atoms with Crippen molar-refractivity contribution >= 4 is 23.3 Å². The third-order valence-electron chi connectivity index (χ3n) is 3.53. The molecule has 1 aromatic rings. The minimum Gasteiger partial charge on any atom is -0.481 e. The normalized spacial score (nSPS) is 24.2. The van der Waals surface area contributed by atoms with Gasteiger partial charge in [0.15, 0.2) is 0 Å². The molecule has 1 aromatic heterocycles. The molecule has 3 atom stereocenters. The van der Waals surface area contributed by atoms with Gasteiger partial charge in [0.1, 0.15) is 0 Å². The molecule has 2 heterocycles. The molecule has 1 aliphatic heterocycles. The van der Waals surface area contributed by atoms with Crippen molar-refractivity contribution in [1.82, 2.24) is 10.2 Å². The maximum Gasteiger partial charge on any atom is 0.317 e. The smallest absolute Gasteiger partial charge is 0.317 e. The molecular weight excluding hydrogens is 264 g/mol. The Labute approximate surface area is 116 Å². The Morgan fingerprint density at radius 1 is 1.53 bits per heavy atom. The van der Waals surface area contributed by atoms with Gasteiger partial charge in [-0.1, -0.05) is 13.0 Å². The molecule has 104 valence electrons. The number of rotatable bonds is 3. The molecule has 0 aromatic carbocycles. The largest absolute Gasteiger partial charge is 0.481 e. The lowest BCUT2D eigenvalue weighted by Gasteiger charge is -2.20. The SMILES string of the molecule is CC(NC(=O)N1C[C@@H](C)[C@H](C(=O)O)C1)c1cccs1. The van der Waals surface area contributed by atoms with Gasteiger partial charge in [-0.3, -0.25) is 4.79 Å². The van der Waals surface area contributed by atoms with Crippen molar-refractivity contribution in [3.63, 3.8) is 0 Å². The first-order valence-electron chi connectivity index (χ1n) is 6.30. The number of hydrogen-bond donors (Lipinski definition) is 2. The standard InChI is InChI=1S/C13H18N2O3S/c1-8-6-15(7-10(8)12(16)17)13(18)14-9(2)11-4-3-5-19-11/h3-5,8-10H,6-7H2,1-2H3,(H,14,18)(H,16,17)/t8-,9?,10-/m1/s1. The molecule has 6 heteroatoms. The van der Waals surface area contributed by atoms with Gasteiger partial charge < -0.3 is 15.3 Å².